The quantitative estimate of drug-likeness (QED) is 0.487. The minimum absolute atomic E-state index is 0.0909. The van der Waals surface area contributed by atoms with Crippen LogP contribution in [-0.4, -0.2) is 14.3 Å². The molecule has 0 fully saturated rings. The van der Waals surface area contributed by atoms with Gasteiger partial charge in [-0.25, -0.2) is 13.1 Å². The SMILES string of the molecule is C/C(=C/C(C)CCCCc1ccccc1)C(=O)NS(=O)(=O)c1ccc(C)cc1. The van der Waals surface area contributed by atoms with E-state index in [1.165, 1.54) is 17.7 Å². The third-order valence-electron chi connectivity index (χ3n) is 4.67. The molecule has 4 nitrogen and oxygen atoms in total. The topological polar surface area (TPSA) is 63.2 Å². The largest absolute Gasteiger partial charge is 0.269 e. The molecule has 0 radical (unpaired) electrons. The van der Waals surface area contributed by atoms with Crippen molar-refractivity contribution in [3.8, 4) is 0 Å². The molecule has 1 amide bonds. The summed E-state index contributed by atoms with van der Waals surface area (Å²) in [5, 5.41) is 0. The Kier molecular flexibility index (Phi) is 8.00. The lowest BCUT2D eigenvalue weighted by Gasteiger charge is -2.10. The first-order valence-corrected chi connectivity index (χ1v) is 11.1. The van der Waals surface area contributed by atoms with Gasteiger partial charge in [0.25, 0.3) is 15.9 Å². The molecule has 1 atom stereocenters. The van der Waals surface area contributed by atoms with E-state index in [4.69, 9.17) is 0 Å². The van der Waals surface area contributed by atoms with Gasteiger partial charge in [0.05, 0.1) is 4.90 Å². The average Bonchev–Trinajstić information content (AvgIpc) is 2.66. The maximum atomic E-state index is 12.3. The number of allylic oxidation sites excluding steroid dienone is 1. The van der Waals surface area contributed by atoms with E-state index in [-0.39, 0.29) is 10.8 Å². The normalized spacial score (nSPS) is 13.2. The monoisotopic (exact) mass is 399 g/mol. The molecule has 0 spiro atoms. The molecule has 2 aromatic carbocycles. The van der Waals surface area contributed by atoms with E-state index in [0.717, 1.165) is 31.2 Å². The highest BCUT2D eigenvalue weighted by Gasteiger charge is 2.18. The van der Waals surface area contributed by atoms with Crippen molar-refractivity contribution in [2.24, 2.45) is 5.92 Å². The summed E-state index contributed by atoms with van der Waals surface area (Å²) in [5.74, 6) is -0.361. The fraction of sp³-hybridized carbons (Fsp3) is 0.348. The maximum absolute atomic E-state index is 12.3. The molecule has 1 N–H and O–H groups in total. The van der Waals surface area contributed by atoms with Crippen LogP contribution in [0.2, 0.25) is 0 Å². The van der Waals surface area contributed by atoms with Crippen molar-refractivity contribution in [3.05, 3.63) is 77.4 Å². The highest BCUT2D eigenvalue weighted by atomic mass is 32.2. The molecule has 0 aromatic heterocycles. The molecule has 0 saturated carbocycles. The number of benzene rings is 2. The van der Waals surface area contributed by atoms with Crippen molar-refractivity contribution in [1.82, 2.24) is 4.72 Å². The lowest BCUT2D eigenvalue weighted by atomic mass is 9.99. The van der Waals surface area contributed by atoms with Gasteiger partial charge in [0.15, 0.2) is 0 Å². The number of rotatable bonds is 9. The highest BCUT2D eigenvalue weighted by molar-refractivity contribution is 7.90. The van der Waals surface area contributed by atoms with Gasteiger partial charge in [0.2, 0.25) is 0 Å². The van der Waals surface area contributed by atoms with Gasteiger partial charge in [-0.3, -0.25) is 4.79 Å². The maximum Gasteiger partial charge on any atom is 0.264 e. The Morgan fingerprint density at radius 1 is 1.04 bits per heavy atom. The summed E-state index contributed by atoms with van der Waals surface area (Å²) in [4.78, 5) is 12.4. The van der Waals surface area contributed by atoms with E-state index >= 15 is 0 Å². The van der Waals surface area contributed by atoms with Crippen molar-refractivity contribution in [1.29, 1.82) is 0 Å². The lowest BCUT2D eigenvalue weighted by Crippen LogP contribution is -2.31. The zero-order chi connectivity index (χ0) is 20.6. The van der Waals surface area contributed by atoms with Gasteiger partial charge < -0.3 is 0 Å². The summed E-state index contributed by atoms with van der Waals surface area (Å²) in [7, 11) is -3.85. The summed E-state index contributed by atoms with van der Waals surface area (Å²) < 4.78 is 26.8. The zero-order valence-electron chi connectivity index (χ0n) is 16.8. The summed E-state index contributed by atoms with van der Waals surface area (Å²) in [6, 6.07) is 16.8. The number of nitrogens with one attached hydrogen (secondary N) is 1. The Bertz CT molecular complexity index is 901. The van der Waals surface area contributed by atoms with Crippen LogP contribution in [0.4, 0.5) is 0 Å². The number of amides is 1. The van der Waals surface area contributed by atoms with Gasteiger partial charge in [0.1, 0.15) is 0 Å². The predicted molar refractivity (Wildman–Crippen MR) is 113 cm³/mol. The van der Waals surface area contributed by atoms with Crippen LogP contribution < -0.4 is 4.72 Å². The summed E-state index contributed by atoms with van der Waals surface area (Å²) >= 11 is 0. The second-order valence-corrected chi connectivity index (χ2v) is 8.99. The number of carbonyl (C=O) groups excluding carboxylic acids is 1. The van der Waals surface area contributed by atoms with E-state index in [9.17, 15) is 13.2 Å². The zero-order valence-corrected chi connectivity index (χ0v) is 17.6. The Morgan fingerprint density at radius 2 is 1.68 bits per heavy atom. The smallest absolute Gasteiger partial charge is 0.264 e. The molecule has 28 heavy (non-hydrogen) atoms. The molecular weight excluding hydrogens is 370 g/mol. The molecule has 2 aromatic rings. The molecule has 5 heteroatoms. The van der Waals surface area contributed by atoms with Crippen LogP contribution >= 0.6 is 0 Å². The predicted octanol–water partition coefficient (Wildman–Crippen LogP) is 4.80. The van der Waals surface area contributed by atoms with Crippen LogP contribution in [0.25, 0.3) is 0 Å². The third kappa shape index (κ3) is 6.97. The number of hydrogen-bond acceptors (Lipinski definition) is 3. The average molecular weight is 400 g/mol. The fourth-order valence-corrected chi connectivity index (χ4v) is 4.02. The van der Waals surface area contributed by atoms with Crippen LogP contribution in [-0.2, 0) is 21.2 Å². The number of aryl methyl sites for hydroxylation is 2. The number of hydrogen-bond donors (Lipinski definition) is 1. The molecule has 0 saturated heterocycles. The first-order valence-electron chi connectivity index (χ1n) is 9.64. The highest BCUT2D eigenvalue weighted by Crippen LogP contribution is 2.15. The van der Waals surface area contributed by atoms with Crippen LogP contribution in [0.3, 0.4) is 0 Å². The number of unbranched alkanes of at least 4 members (excludes halogenated alkanes) is 1. The van der Waals surface area contributed by atoms with Gasteiger partial charge in [-0.15, -0.1) is 0 Å². The van der Waals surface area contributed by atoms with Crippen molar-refractivity contribution in [2.75, 3.05) is 0 Å². The minimum Gasteiger partial charge on any atom is -0.269 e. The second-order valence-electron chi connectivity index (χ2n) is 7.31. The first-order chi connectivity index (χ1) is 13.3. The van der Waals surface area contributed by atoms with E-state index < -0.39 is 15.9 Å². The molecule has 1 unspecified atom stereocenters. The van der Waals surface area contributed by atoms with Gasteiger partial charge in [-0.1, -0.05) is 67.4 Å². The summed E-state index contributed by atoms with van der Waals surface area (Å²) in [6.45, 7) is 5.58. The first kappa shape index (κ1) is 21.9. The Balaban J connectivity index is 1.83. The standard InChI is InChI=1S/C23H29NO3S/c1-18-13-15-22(16-14-18)28(26,27)24-23(25)20(3)17-19(2)9-7-8-12-21-10-5-4-6-11-21/h4-6,10-11,13-17,19H,7-9,12H2,1-3H3,(H,24,25)/b20-17-. The van der Waals surface area contributed by atoms with Crippen LogP contribution in [0, 0.1) is 12.8 Å². The molecule has 0 aliphatic rings. The van der Waals surface area contributed by atoms with Gasteiger partial charge in [0, 0.05) is 5.57 Å². The number of carbonyl (C=O) groups is 1. The van der Waals surface area contributed by atoms with E-state index in [1.807, 2.05) is 38.1 Å². The third-order valence-corrected chi connectivity index (χ3v) is 6.02. The molecule has 0 heterocycles. The van der Waals surface area contributed by atoms with Crippen LogP contribution in [0.15, 0.2) is 71.1 Å². The Hall–Kier alpha value is -2.40. The van der Waals surface area contributed by atoms with Gasteiger partial charge in [-0.2, -0.15) is 0 Å². The van der Waals surface area contributed by atoms with Crippen molar-refractivity contribution < 1.29 is 13.2 Å². The summed E-state index contributed by atoms with van der Waals surface area (Å²) in [5.41, 5.74) is 2.72. The van der Waals surface area contributed by atoms with Crippen molar-refractivity contribution in [3.63, 3.8) is 0 Å². The second kappa shape index (κ2) is 10.2. The van der Waals surface area contributed by atoms with Crippen molar-refractivity contribution >= 4 is 15.9 Å². The number of sulfonamides is 1. The van der Waals surface area contributed by atoms with E-state index in [0.29, 0.717) is 5.57 Å². The molecule has 0 bridgehead atoms. The van der Waals surface area contributed by atoms with Crippen LogP contribution in [0.5, 0.6) is 0 Å². The Labute approximate surface area is 168 Å². The van der Waals surface area contributed by atoms with Gasteiger partial charge >= 0.3 is 0 Å². The molecule has 2 rings (SSSR count). The molecular formula is C23H29NO3S. The fourth-order valence-electron chi connectivity index (χ4n) is 3.00. The minimum atomic E-state index is -3.85. The molecule has 150 valence electrons. The molecule has 0 aliphatic carbocycles. The van der Waals surface area contributed by atoms with Crippen LogP contribution in [0.1, 0.15) is 44.2 Å². The van der Waals surface area contributed by atoms with Gasteiger partial charge in [-0.05, 0) is 56.7 Å². The Morgan fingerprint density at radius 3 is 2.32 bits per heavy atom. The van der Waals surface area contributed by atoms with E-state index in [1.54, 1.807) is 19.1 Å². The molecule has 0 aliphatic heterocycles. The summed E-state index contributed by atoms with van der Waals surface area (Å²) in [6.07, 6.45) is 6.01. The van der Waals surface area contributed by atoms with Crippen molar-refractivity contribution in [2.45, 2.75) is 51.3 Å². The van der Waals surface area contributed by atoms with E-state index in [2.05, 4.69) is 16.9 Å². The lowest BCUT2D eigenvalue weighted by molar-refractivity contribution is -0.115.